The van der Waals surface area contributed by atoms with Gasteiger partial charge in [0, 0.05) is 18.6 Å². The molecule has 0 aromatic carbocycles. The van der Waals surface area contributed by atoms with Gasteiger partial charge in [0.15, 0.2) is 0 Å². The van der Waals surface area contributed by atoms with Gasteiger partial charge in [-0.25, -0.2) is 0 Å². The van der Waals surface area contributed by atoms with Gasteiger partial charge in [-0.15, -0.1) is 0 Å². The Kier molecular flexibility index (Phi) is 6.65. The first-order chi connectivity index (χ1) is 8.54. The van der Waals surface area contributed by atoms with Gasteiger partial charge in [-0.2, -0.15) is 0 Å². The SMILES string of the molecule is CCC1CCCCCN1CC(NC(C)C)C(N)=O. The summed E-state index contributed by atoms with van der Waals surface area (Å²) in [6, 6.07) is 0.676. The van der Waals surface area contributed by atoms with E-state index in [4.69, 9.17) is 5.73 Å². The number of rotatable bonds is 6. The zero-order chi connectivity index (χ0) is 13.5. The first-order valence-electron chi connectivity index (χ1n) is 7.34. The van der Waals surface area contributed by atoms with E-state index in [9.17, 15) is 4.79 Å². The number of nitrogens with two attached hydrogens (primary N) is 1. The standard InChI is InChI=1S/C14H29N3O/c1-4-12-8-6-5-7-9-17(12)10-13(14(15)18)16-11(2)3/h11-13,16H,4-10H2,1-3H3,(H2,15,18). The van der Waals surface area contributed by atoms with Crippen molar-refractivity contribution in [2.24, 2.45) is 5.73 Å². The summed E-state index contributed by atoms with van der Waals surface area (Å²) in [5, 5.41) is 3.28. The van der Waals surface area contributed by atoms with E-state index in [0.717, 1.165) is 19.5 Å². The molecule has 1 saturated heterocycles. The molecule has 0 bridgehead atoms. The van der Waals surface area contributed by atoms with Gasteiger partial charge in [0.25, 0.3) is 0 Å². The van der Waals surface area contributed by atoms with Gasteiger partial charge in [0.2, 0.25) is 5.91 Å². The third-order valence-electron chi connectivity index (χ3n) is 3.77. The van der Waals surface area contributed by atoms with E-state index < -0.39 is 0 Å². The van der Waals surface area contributed by atoms with E-state index in [2.05, 4.69) is 31.0 Å². The Bertz CT molecular complexity index is 255. The Morgan fingerprint density at radius 2 is 2.11 bits per heavy atom. The fourth-order valence-electron chi connectivity index (χ4n) is 2.80. The Morgan fingerprint density at radius 3 is 2.67 bits per heavy atom. The molecule has 3 N–H and O–H groups in total. The lowest BCUT2D eigenvalue weighted by Gasteiger charge is -2.32. The summed E-state index contributed by atoms with van der Waals surface area (Å²) in [4.78, 5) is 14.0. The quantitative estimate of drug-likeness (QED) is 0.756. The Morgan fingerprint density at radius 1 is 1.39 bits per heavy atom. The molecule has 0 aliphatic carbocycles. The van der Waals surface area contributed by atoms with E-state index in [0.29, 0.717) is 6.04 Å². The molecule has 4 heteroatoms. The zero-order valence-corrected chi connectivity index (χ0v) is 12.1. The molecule has 0 radical (unpaired) electrons. The van der Waals surface area contributed by atoms with E-state index >= 15 is 0 Å². The first kappa shape index (κ1) is 15.4. The number of carbonyl (C=O) groups excluding carboxylic acids is 1. The van der Waals surface area contributed by atoms with Crippen LogP contribution in [0.5, 0.6) is 0 Å². The summed E-state index contributed by atoms with van der Waals surface area (Å²) >= 11 is 0. The minimum atomic E-state index is -0.234. The van der Waals surface area contributed by atoms with E-state index in [-0.39, 0.29) is 18.0 Å². The van der Waals surface area contributed by atoms with Crippen LogP contribution in [0, 0.1) is 0 Å². The summed E-state index contributed by atoms with van der Waals surface area (Å²) in [7, 11) is 0. The molecule has 1 heterocycles. The molecule has 1 amide bonds. The van der Waals surface area contributed by atoms with Crippen molar-refractivity contribution in [1.82, 2.24) is 10.2 Å². The van der Waals surface area contributed by atoms with Crippen LogP contribution in [-0.4, -0.2) is 42.0 Å². The van der Waals surface area contributed by atoms with E-state index in [1.54, 1.807) is 0 Å². The van der Waals surface area contributed by atoms with Crippen molar-refractivity contribution in [2.75, 3.05) is 13.1 Å². The number of nitrogens with zero attached hydrogens (tertiary/aromatic N) is 1. The van der Waals surface area contributed by atoms with Crippen LogP contribution in [0.15, 0.2) is 0 Å². The van der Waals surface area contributed by atoms with Crippen LogP contribution in [-0.2, 0) is 4.79 Å². The molecule has 0 spiro atoms. The lowest BCUT2D eigenvalue weighted by Crippen LogP contribution is -2.53. The summed E-state index contributed by atoms with van der Waals surface area (Å²) < 4.78 is 0. The smallest absolute Gasteiger partial charge is 0.235 e. The summed E-state index contributed by atoms with van der Waals surface area (Å²) in [6.45, 7) is 8.19. The minimum absolute atomic E-state index is 0.225. The Hall–Kier alpha value is -0.610. The zero-order valence-electron chi connectivity index (χ0n) is 12.1. The molecule has 0 saturated carbocycles. The highest BCUT2D eigenvalue weighted by molar-refractivity contribution is 5.80. The van der Waals surface area contributed by atoms with Crippen LogP contribution >= 0.6 is 0 Å². The third kappa shape index (κ3) is 4.94. The molecule has 2 atom stereocenters. The number of amides is 1. The van der Waals surface area contributed by atoms with Crippen molar-refractivity contribution < 1.29 is 4.79 Å². The number of carbonyl (C=O) groups is 1. The maximum absolute atomic E-state index is 11.5. The van der Waals surface area contributed by atoms with Gasteiger partial charge < -0.3 is 11.1 Å². The second-order valence-corrected chi connectivity index (χ2v) is 5.68. The molecule has 4 nitrogen and oxygen atoms in total. The second kappa shape index (κ2) is 7.74. The molecule has 0 aromatic heterocycles. The normalized spacial score (nSPS) is 23.9. The van der Waals surface area contributed by atoms with Crippen LogP contribution in [0.2, 0.25) is 0 Å². The average Bonchev–Trinajstić information content (AvgIpc) is 2.52. The minimum Gasteiger partial charge on any atom is -0.368 e. The maximum atomic E-state index is 11.5. The Labute approximate surface area is 111 Å². The molecule has 18 heavy (non-hydrogen) atoms. The predicted molar refractivity (Wildman–Crippen MR) is 75.4 cm³/mol. The topological polar surface area (TPSA) is 58.4 Å². The molecule has 0 aromatic rings. The van der Waals surface area contributed by atoms with Crippen molar-refractivity contribution in [3.8, 4) is 0 Å². The van der Waals surface area contributed by atoms with Crippen molar-refractivity contribution in [3.05, 3.63) is 0 Å². The highest BCUT2D eigenvalue weighted by Crippen LogP contribution is 2.19. The second-order valence-electron chi connectivity index (χ2n) is 5.68. The lowest BCUT2D eigenvalue weighted by atomic mass is 10.1. The molecule has 1 aliphatic rings. The van der Waals surface area contributed by atoms with Gasteiger partial charge in [0.05, 0.1) is 6.04 Å². The largest absolute Gasteiger partial charge is 0.368 e. The average molecular weight is 255 g/mol. The van der Waals surface area contributed by atoms with Crippen molar-refractivity contribution in [3.63, 3.8) is 0 Å². The van der Waals surface area contributed by atoms with Crippen LogP contribution in [0.25, 0.3) is 0 Å². The van der Waals surface area contributed by atoms with Crippen molar-refractivity contribution >= 4 is 5.91 Å². The van der Waals surface area contributed by atoms with Crippen molar-refractivity contribution in [2.45, 2.75) is 71.0 Å². The number of hydrogen-bond acceptors (Lipinski definition) is 3. The van der Waals surface area contributed by atoms with Crippen LogP contribution in [0.4, 0.5) is 0 Å². The van der Waals surface area contributed by atoms with Gasteiger partial charge in [0.1, 0.15) is 0 Å². The highest BCUT2D eigenvalue weighted by Gasteiger charge is 2.25. The fourth-order valence-corrected chi connectivity index (χ4v) is 2.80. The lowest BCUT2D eigenvalue weighted by molar-refractivity contribution is -0.120. The van der Waals surface area contributed by atoms with Crippen molar-refractivity contribution in [1.29, 1.82) is 0 Å². The van der Waals surface area contributed by atoms with Gasteiger partial charge in [-0.1, -0.05) is 33.6 Å². The number of primary amides is 1. The fraction of sp³-hybridized carbons (Fsp3) is 0.929. The number of likely N-dealkylation sites (tertiary alicyclic amines) is 1. The van der Waals surface area contributed by atoms with Crippen LogP contribution in [0.3, 0.4) is 0 Å². The maximum Gasteiger partial charge on any atom is 0.235 e. The Balaban J connectivity index is 2.61. The molecular formula is C14H29N3O. The summed E-state index contributed by atoms with van der Waals surface area (Å²) in [5.74, 6) is -0.234. The first-order valence-corrected chi connectivity index (χ1v) is 7.34. The third-order valence-corrected chi connectivity index (χ3v) is 3.77. The van der Waals surface area contributed by atoms with Crippen LogP contribution in [0.1, 0.15) is 52.9 Å². The summed E-state index contributed by atoms with van der Waals surface area (Å²) in [6.07, 6.45) is 6.28. The van der Waals surface area contributed by atoms with Gasteiger partial charge in [-0.3, -0.25) is 9.69 Å². The number of hydrogen-bond donors (Lipinski definition) is 2. The molecule has 1 rings (SSSR count). The van der Waals surface area contributed by atoms with Crippen LogP contribution < -0.4 is 11.1 Å². The monoisotopic (exact) mass is 255 g/mol. The molecule has 1 fully saturated rings. The predicted octanol–water partition coefficient (Wildman–Crippen LogP) is 1.49. The number of nitrogens with one attached hydrogen (secondary N) is 1. The highest BCUT2D eigenvalue weighted by atomic mass is 16.1. The van der Waals surface area contributed by atoms with E-state index in [1.165, 1.54) is 25.7 Å². The molecule has 1 aliphatic heterocycles. The van der Waals surface area contributed by atoms with Gasteiger partial charge >= 0.3 is 0 Å². The molecule has 2 unspecified atom stereocenters. The van der Waals surface area contributed by atoms with E-state index in [1.807, 2.05) is 0 Å². The summed E-state index contributed by atoms with van der Waals surface area (Å²) in [5.41, 5.74) is 5.50. The molecule has 106 valence electrons. The molecular weight excluding hydrogens is 226 g/mol. The van der Waals surface area contributed by atoms with Gasteiger partial charge in [-0.05, 0) is 25.8 Å².